The van der Waals surface area contributed by atoms with Crippen molar-refractivity contribution >= 4 is 10.0 Å². The summed E-state index contributed by atoms with van der Waals surface area (Å²) < 4.78 is 31.5. The maximum Gasteiger partial charge on any atom is 0.240 e. The van der Waals surface area contributed by atoms with Gasteiger partial charge in [0, 0.05) is 26.7 Å². The molecule has 5 nitrogen and oxygen atoms in total. The van der Waals surface area contributed by atoms with Crippen LogP contribution in [0.15, 0.2) is 53.4 Å². The van der Waals surface area contributed by atoms with Gasteiger partial charge in [-0.1, -0.05) is 42.0 Å². The van der Waals surface area contributed by atoms with E-state index in [2.05, 4.69) is 41.2 Å². The van der Waals surface area contributed by atoms with Crippen molar-refractivity contribution in [2.45, 2.75) is 24.9 Å². The summed E-state index contributed by atoms with van der Waals surface area (Å²) in [4.78, 5) is 0.265. The van der Waals surface area contributed by atoms with E-state index in [9.17, 15) is 8.42 Å². The minimum Gasteiger partial charge on any atom is -0.383 e. The summed E-state index contributed by atoms with van der Waals surface area (Å²) in [5, 5.41) is 3.36. The van der Waals surface area contributed by atoms with Crippen LogP contribution in [0.2, 0.25) is 0 Å². The van der Waals surface area contributed by atoms with E-state index >= 15 is 0 Å². The summed E-state index contributed by atoms with van der Waals surface area (Å²) in [5.41, 5.74) is 3.51. The summed E-state index contributed by atoms with van der Waals surface area (Å²) in [5.74, 6) is 0. The fraction of sp³-hybridized carbons (Fsp3) is 0.333. The predicted octanol–water partition coefficient (Wildman–Crippen LogP) is 2.21. The Hall–Kier alpha value is -1.73. The van der Waals surface area contributed by atoms with Crippen LogP contribution in [-0.2, 0) is 27.8 Å². The number of hydrogen-bond donors (Lipinski definition) is 2. The van der Waals surface area contributed by atoms with Crippen molar-refractivity contribution in [2.24, 2.45) is 0 Å². The van der Waals surface area contributed by atoms with E-state index in [0.29, 0.717) is 13.2 Å². The molecule has 2 aromatic carbocycles. The predicted molar refractivity (Wildman–Crippen MR) is 95.2 cm³/mol. The highest BCUT2D eigenvalue weighted by molar-refractivity contribution is 7.89. The molecule has 0 fully saturated rings. The lowest BCUT2D eigenvalue weighted by molar-refractivity contribution is 0.204. The molecule has 0 aliphatic rings. The first-order chi connectivity index (χ1) is 11.5. The summed E-state index contributed by atoms with van der Waals surface area (Å²) in [7, 11) is -1.93. The zero-order valence-corrected chi connectivity index (χ0v) is 14.9. The van der Waals surface area contributed by atoms with Gasteiger partial charge in [-0.15, -0.1) is 0 Å². The van der Waals surface area contributed by atoms with E-state index < -0.39 is 10.0 Å². The molecule has 0 aromatic heterocycles. The molecule has 0 radical (unpaired) electrons. The van der Waals surface area contributed by atoms with Gasteiger partial charge in [0.15, 0.2) is 0 Å². The van der Waals surface area contributed by atoms with E-state index in [1.165, 1.54) is 18.2 Å². The number of rotatable bonds is 9. The van der Waals surface area contributed by atoms with E-state index in [0.717, 1.165) is 12.1 Å². The van der Waals surface area contributed by atoms with Gasteiger partial charge in [0.05, 0.1) is 11.5 Å². The van der Waals surface area contributed by atoms with E-state index in [4.69, 9.17) is 4.74 Å². The van der Waals surface area contributed by atoms with Gasteiger partial charge >= 0.3 is 0 Å². The van der Waals surface area contributed by atoms with Crippen molar-refractivity contribution in [1.82, 2.24) is 10.0 Å². The minimum atomic E-state index is -3.47. The number of hydrogen-bond acceptors (Lipinski definition) is 4. The largest absolute Gasteiger partial charge is 0.383 e. The molecule has 0 aliphatic heterocycles. The molecule has 2 rings (SSSR count). The Kier molecular flexibility index (Phi) is 6.93. The molecule has 2 aromatic rings. The summed E-state index contributed by atoms with van der Waals surface area (Å²) in [6.07, 6.45) is 0. The van der Waals surface area contributed by atoms with Crippen LogP contribution >= 0.6 is 0 Å². The molecular formula is C18H24N2O3S. The topological polar surface area (TPSA) is 67.4 Å². The minimum absolute atomic E-state index is 0.263. The maximum absolute atomic E-state index is 12.1. The summed E-state index contributed by atoms with van der Waals surface area (Å²) >= 11 is 0. The van der Waals surface area contributed by atoms with Gasteiger partial charge in [-0.2, -0.15) is 0 Å². The molecule has 0 bridgehead atoms. The second-order valence-electron chi connectivity index (χ2n) is 5.62. The van der Waals surface area contributed by atoms with Crippen LogP contribution in [0, 0.1) is 6.92 Å². The fourth-order valence-corrected chi connectivity index (χ4v) is 3.22. The van der Waals surface area contributed by atoms with Gasteiger partial charge in [-0.3, -0.25) is 0 Å². The van der Waals surface area contributed by atoms with Crippen molar-refractivity contribution in [2.75, 3.05) is 20.3 Å². The van der Waals surface area contributed by atoms with Crippen molar-refractivity contribution in [3.8, 4) is 0 Å². The Morgan fingerprint density at radius 2 is 1.46 bits per heavy atom. The van der Waals surface area contributed by atoms with Crippen LogP contribution < -0.4 is 10.0 Å². The lowest BCUT2D eigenvalue weighted by atomic mass is 10.1. The first kappa shape index (κ1) is 18.6. The van der Waals surface area contributed by atoms with Gasteiger partial charge < -0.3 is 10.1 Å². The zero-order chi connectivity index (χ0) is 17.4. The average Bonchev–Trinajstić information content (AvgIpc) is 2.57. The molecule has 0 saturated heterocycles. The first-order valence-corrected chi connectivity index (χ1v) is 9.33. The first-order valence-electron chi connectivity index (χ1n) is 7.85. The highest BCUT2D eigenvalue weighted by Crippen LogP contribution is 2.11. The van der Waals surface area contributed by atoms with Gasteiger partial charge in [-0.05, 0) is 30.2 Å². The molecule has 6 heteroatoms. The Bertz CT molecular complexity index is 726. The second kappa shape index (κ2) is 8.94. The molecule has 0 aliphatic carbocycles. The fourth-order valence-electron chi connectivity index (χ4n) is 2.20. The van der Waals surface area contributed by atoms with Crippen LogP contribution in [0.25, 0.3) is 0 Å². The normalized spacial score (nSPS) is 11.6. The third-order valence-corrected chi connectivity index (χ3v) is 5.09. The van der Waals surface area contributed by atoms with Gasteiger partial charge in [-0.25, -0.2) is 13.1 Å². The van der Waals surface area contributed by atoms with Crippen LogP contribution in [-0.4, -0.2) is 28.7 Å². The third-order valence-electron chi connectivity index (χ3n) is 3.61. The van der Waals surface area contributed by atoms with Crippen LogP contribution in [0.3, 0.4) is 0 Å². The Morgan fingerprint density at radius 3 is 2.00 bits per heavy atom. The van der Waals surface area contributed by atoms with Crippen molar-refractivity contribution < 1.29 is 13.2 Å². The second-order valence-corrected chi connectivity index (χ2v) is 7.39. The lowest BCUT2D eigenvalue weighted by Gasteiger charge is -2.08. The molecular weight excluding hydrogens is 324 g/mol. The molecule has 0 amide bonds. The van der Waals surface area contributed by atoms with E-state index in [1.807, 2.05) is 12.1 Å². The Morgan fingerprint density at radius 1 is 0.917 bits per heavy atom. The van der Waals surface area contributed by atoms with Crippen LogP contribution in [0.4, 0.5) is 0 Å². The van der Waals surface area contributed by atoms with Crippen molar-refractivity contribution in [3.05, 3.63) is 65.2 Å². The van der Waals surface area contributed by atoms with Gasteiger partial charge in [0.2, 0.25) is 10.0 Å². The average molecular weight is 348 g/mol. The number of methoxy groups -OCH3 is 1. The molecule has 0 atom stereocenters. The van der Waals surface area contributed by atoms with E-state index in [-0.39, 0.29) is 11.4 Å². The standard InChI is InChI=1S/C18H24N2O3S/c1-15-3-5-16(6-4-15)13-19-14-17-7-9-18(10-8-17)24(21,22)20-11-12-23-2/h3-10,19-20H,11-14H2,1-2H3. The Labute approximate surface area is 144 Å². The number of aryl methyl sites for hydroxylation is 1. The summed E-state index contributed by atoms with van der Waals surface area (Å²) in [6.45, 7) is 4.14. The molecule has 0 unspecified atom stereocenters. The molecule has 0 spiro atoms. The SMILES string of the molecule is COCCNS(=O)(=O)c1ccc(CNCc2ccc(C)cc2)cc1. The third kappa shape index (κ3) is 5.72. The number of ether oxygens (including phenoxy) is 1. The number of sulfonamides is 1. The zero-order valence-electron chi connectivity index (χ0n) is 14.1. The Balaban J connectivity index is 1.86. The quantitative estimate of drug-likeness (QED) is 0.682. The van der Waals surface area contributed by atoms with Gasteiger partial charge in [0.25, 0.3) is 0 Å². The summed E-state index contributed by atoms with van der Waals surface area (Å²) in [6, 6.07) is 15.3. The molecule has 24 heavy (non-hydrogen) atoms. The monoisotopic (exact) mass is 348 g/mol. The smallest absolute Gasteiger partial charge is 0.240 e. The highest BCUT2D eigenvalue weighted by atomic mass is 32.2. The number of nitrogens with one attached hydrogen (secondary N) is 2. The lowest BCUT2D eigenvalue weighted by Crippen LogP contribution is -2.27. The molecule has 0 heterocycles. The van der Waals surface area contributed by atoms with E-state index in [1.54, 1.807) is 12.1 Å². The number of benzene rings is 2. The maximum atomic E-state index is 12.1. The molecule has 130 valence electrons. The van der Waals surface area contributed by atoms with Crippen molar-refractivity contribution in [3.63, 3.8) is 0 Å². The van der Waals surface area contributed by atoms with Crippen molar-refractivity contribution in [1.29, 1.82) is 0 Å². The molecule has 2 N–H and O–H groups in total. The molecule has 0 saturated carbocycles. The van der Waals surface area contributed by atoms with Gasteiger partial charge in [0.1, 0.15) is 0 Å². The van der Waals surface area contributed by atoms with Crippen LogP contribution in [0.5, 0.6) is 0 Å². The highest BCUT2D eigenvalue weighted by Gasteiger charge is 2.12. The van der Waals surface area contributed by atoms with Crippen LogP contribution in [0.1, 0.15) is 16.7 Å².